The van der Waals surface area contributed by atoms with Crippen molar-refractivity contribution in [1.29, 1.82) is 0 Å². The molecule has 1 amide bonds. The average Bonchev–Trinajstić information content (AvgIpc) is 3.12. The van der Waals surface area contributed by atoms with E-state index in [4.69, 9.17) is 0 Å². The summed E-state index contributed by atoms with van der Waals surface area (Å²) in [4.78, 5) is 22.7. The van der Waals surface area contributed by atoms with Crippen LogP contribution in [0, 0.1) is 5.92 Å². The lowest BCUT2D eigenvalue weighted by atomic mass is 9.93. The van der Waals surface area contributed by atoms with Crippen molar-refractivity contribution in [2.45, 2.75) is 32.2 Å². The lowest BCUT2D eigenvalue weighted by Gasteiger charge is -2.34. The van der Waals surface area contributed by atoms with Crippen LogP contribution in [0.1, 0.15) is 25.7 Å². The number of amides is 1. The molecule has 0 atom stereocenters. The molecule has 1 aliphatic heterocycles. The number of likely N-dealkylation sites (tertiary alicyclic amines) is 1. The third kappa shape index (κ3) is 5.83. The van der Waals surface area contributed by atoms with Gasteiger partial charge in [0.1, 0.15) is 0 Å². The Kier molecular flexibility index (Phi) is 9.01. The Bertz CT molecular complexity index is 782. The second-order valence-electron chi connectivity index (χ2n) is 7.06. The molecule has 154 valence electrons. The van der Waals surface area contributed by atoms with Crippen molar-refractivity contribution in [3.05, 3.63) is 30.6 Å². The smallest absolute Gasteiger partial charge is 0.220 e. The molecule has 7 nitrogen and oxygen atoms in total. The Morgan fingerprint density at radius 2 is 2.04 bits per heavy atom. The summed E-state index contributed by atoms with van der Waals surface area (Å²) in [6.45, 7) is 3.71. The normalized spacial score (nSPS) is 15.4. The molecule has 0 spiro atoms. The van der Waals surface area contributed by atoms with Crippen LogP contribution in [0.3, 0.4) is 0 Å². The van der Waals surface area contributed by atoms with E-state index in [-0.39, 0.29) is 29.9 Å². The molecule has 1 aromatic carbocycles. The Hall–Kier alpha value is -1.84. The summed E-state index contributed by atoms with van der Waals surface area (Å²) in [6.07, 6.45) is 5.63. The van der Waals surface area contributed by atoms with Gasteiger partial charge in [0.15, 0.2) is 5.96 Å². The van der Waals surface area contributed by atoms with Crippen molar-refractivity contribution in [3.8, 4) is 0 Å². The topological polar surface area (TPSA) is 74.5 Å². The van der Waals surface area contributed by atoms with Gasteiger partial charge in [-0.3, -0.25) is 9.79 Å². The van der Waals surface area contributed by atoms with Gasteiger partial charge in [-0.15, -0.1) is 24.0 Å². The summed E-state index contributed by atoms with van der Waals surface area (Å²) < 4.78 is 2.20. The maximum Gasteiger partial charge on any atom is 0.220 e. The molecule has 1 fully saturated rings. The second-order valence-corrected chi connectivity index (χ2v) is 7.06. The molecule has 1 aromatic heterocycles. The Labute approximate surface area is 184 Å². The van der Waals surface area contributed by atoms with Gasteiger partial charge < -0.3 is 20.1 Å². The van der Waals surface area contributed by atoms with Crippen LogP contribution >= 0.6 is 24.0 Å². The lowest BCUT2D eigenvalue weighted by Crippen LogP contribution is -2.46. The van der Waals surface area contributed by atoms with Gasteiger partial charge in [-0.2, -0.15) is 0 Å². The fourth-order valence-corrected chi connectivity index (χ4v) is 3.68. The minimum absolute atomic E-state index is 0. The zero-order valence-electron chi connectivity index (χ0n) is 16.7. The highest BCUT2D eigenvalue weighted by atomic mass is 127. The highest BCUT2D eigenvalue weighted by Gasteiger charge is 2.22. The Balaban J connectivity index is 0.00000280. The van der Waals surface area contributed by atoms with Crippen LogP contribution in [-0.4, -0.2) is 60.0 Å². The number of nitrogens with one attached hydrogen (secondary N) is 2. The number of aromatic nitrogens is 2. The van der Waals surface area contributed by atoms with Crippen molar-refractivity contribution in [1.82, 2.24) is 25.1 Å². The van der Waals surface area contributed by atoms with E-state index in [1.165, 1.54) is 5.52 Å². The monoisotopic (exact) mass is 498 g/mol. The average molecular weight is 498 g/mol. The maximum atomic E-state index is 11.5. The molecule has 2 N–H and O–H groups in total. The van der Waals surface area contributed by atoms with Gasteiger partial charge in [0.05, 0.1) is 17.4 Å². The SMILES string of the molecule is CN=C(NCCCn1cnc2ccccc21)N1CCC(CC(=O)NC)CC1.I. The molecule has 8 heteroatoms. The minimum Gasteiger partial charge on any atom is -0.359 e. The number of aliphatic imine (C=N–C) groups is 1. The van der Waals surface area contributed by atoms with Crippen molar-refractivity contribution >= 4 is 46.9 Å². The number of nitrogens with zero attached hydrogens (tertiary/aromatic N) is 4. The van der Waals surface area contributed by atoms with Gasteiger partial charge in [-0.25, -0.2) is 4.98 Å². The Morgan fingerprint density at radius 1 is 1.29 bits per heavy atom. The number of aryl methyl sites for hydroxylation is 1. The van der Waals surface area contributed by atoms with Crippen molar-refractivity contribution < 1.29 is 4.79 Å². The molecule has 0 bridgehead atoms. The standard InChI is InChI=1S/C20H30N6O.HI/c1-21-19(27)14-16-8-12-25(13-9-16)20(22-2)23-10-5-11-26-15-24-17-6-3-4-7-18(17)26;/h3-4,6-7,15-16H,5,8-14H2,1-2H3,(H,21,27)(H,22,23);1H. The first-order valence-electron chi connectivity index (χ1n) is 9.77. The summed E-state index contributed by atoms with van der Waals surface area (Å²) in [5, 5.41) is 6.20. The molecule has 2 heterocycles. The van der Waals surface area contributed by atoms with E-state index in [9.17, 15) is 4.79 Å². The number of piperidine rings is 1. The second kappa shape index (κ2) is 11.2. The van der Waals surface area contributed by atoms with E-state index < -0.39 is 0 Å². The molecule has 0 radical (unpaired) electrons. The van der Waals surface area contributed by atoms with Crippen LogP contribution < -0.4 is 10.6 Å². The van der Waals surface area contributed by atoms with Crippen LogP contribution in [0.4, 0.5) is 0 Å². The van der Waals surface area contributed by atoms with Crippen LogP contribution in [-0.2, 0) is 11.3 Å². The number of para-hydroxylation sites is 2. The number of carbonyl (C=O) groups excluding carboxylic acids is 1. The summed E-state index contributed by atoms with van der Waals surface area (Å²) >= 11 is 0. The summed E-state index contributed by atoms with van der Waals surface area (Å²) in [6, 6.07) is 8.22. The number of rotatable bonds is 6. The number of halogens is 1. The van der Waals surface area contributed by atoms with E-state index in [2.05, 4.69) is 36.1 Å². The molecule has 3 rings (SSSR count). The molecule has 1 saturated heterocycles. The van der Waals surface area contributed by atoms with Crippen molar-refractivity contribution in [3.63, 3.8) is 0 Å². The van der Waals surface area contributed by atoms with Gasteiger partial charge in [-0.1, -0.05) is 12.1 Å². The molecule has 2 aromatic rings. The molecule has 0 unspecified atom stereocenters. The van der Waals surface area contributed by atoms with Gasteiger partial charge in [-0.05, 0) is 37.3 Å². The summed E-state index contributed by atoms with van der Waals surface area (Å²) in [7, 11) is 3.54. The predicted molar refractivity (Wildman–Crippen MR) is 124 cm³/mol. The van der Waals surface area contributed by atoms with E-state index in [0.717, 1.165) is 56.9 Å². The van der Waals surface area contributed by atoms with E-state index in [1.54, 1.807) is 7.05 Å². The van der Waals surface area contributed by atoms with E-state index in [1.807, 2.05) is 31.6 Å². The summed E-state index contributed by atoms with van der Waals surface area (Å²) in [5.74, 6) is 1.58. The first kappa shape index (κ1) is 22.4. The number of imidazole rings is 1. The van der Waals surface area contributed by atoms with Crippen LogP contribution in [0.5, 0.6) is 0 Å². The number of hydrogen-bond acceptors (Lipinski definition) is 3. The fourth-order valence-electron chi connectivity index (χ4n) is 3.68. The highest BCUT2D eigenvalue weighted by Crippen LogP contribution is 2.20. The van der Waals surface area contributed by atoms with Crippen LogP contribution in [0.15, 0.2) is 35.6 Å². The number of hydrogen-bond donors (Lipinski definition) is 2. The molecule has 0 aliphatic carbocycles. The number of benzene rings is 1. The molecule has 28 heavy (non-hydrogen) atoms. The number of carbonyl (C=O) groups is 1. The highest BCUT2D eigenvalue weighted by molar-refractivity contribution is 14.0. The van der Waals surface area contributed by atoms with Crippen LogP contribution in [0.25, 0.3) is 11.0 Å². The fraction of sp³-hybridized carbons (Fsp3) is 0.550. The van der Waals surface area contributed by atoms with Gasteiger partial charge in [0, 0.05) is 46.7 Å². The molecule has 1 aliphatic rings. The largest absolute Gasteiger partial charge is 0.359 e. The number of guanidine groups is 1. The quantitative estimate of drug-likeness (QED) is 0.278. The Morgan fingerprint density at radius 3 is 2.75 bits per heavy atom. The van der Waals surface area contributed by atoms with E-state index >= 15 is 0 Å². The third-order valence-electron chi connectivity index (χ3n) is 5.27. The van der Waals surface area contributed by atoms with Crippen molar-refractivity contribution in [2.24, 2.45) is 10.9 Å². The molecule has 0 saturated carbocycles. The predicted octanol–water partition coefficient (Wildman–Crippen LogP) is 2.47. The summed E-state index contributed by atoms with van der Waals surface area (Å²) in [5.41, 5.74) is 2.22. The zero-order valence-corrected chi connectivity index (χ0v) is 19.1. The third-order valence-corrected chi connectivity index (χ3v) is 5.27. The first-order valence-corrected chi connectivity index (χ1v) is 9.77. The first-order chi connectivity index (χ1) is 13.2. The zero-order chi connectivity index (χ0) is 19.1. The minimum atomic E-state index is 0. The molecular formula is C20H31IN6O. The molecular weight excluding hydrogens is 467 g/mol. The van der Waals surface area contributed by atoms with Crippen LogP contribution in [0.2, 0.25) is 0 Å². The number of fused-ring (bicyclic) bond motifs is 1. The van der Waals surface area contributed by atoms with Gasteiger partial charge in [0.2, 0.25) is 5.91 Å². The lowest BCUT2D eigenvalue weighted by molar-refractivity contribution is -0.121. The van der Waals surface area contributed by atoms with E-state index in [0.29, 0.717) is 12.3 Å². The van der Waals surface area contributed by atoms with Crippen molar-refractivity contribution in [2.75, 3.05) is 33.7 Å². The maximum absolute atomic E-state index is 11.5. The van der Waals surface area contributed by atoms with Gasteiger partial charge in [0.25, 0.3) is 0 Å². The van der Waals surface area contributed by atoms with Gasteiger partial charge >= 0.3 is 0 Å².